The lowest BCUT2D eigenvalue weighted by Crippen LogP contribution is -2.24. The molecule has 0 aromatic heterocycles. The lowest BCUT2D eigenvalue weighted by molar-refractivity contribution is -0.159. The maximum Gasteiger partial charge on any atom is 0.306 e. The van der Waals surface area contributed by atoms with Crippen LogP contribution in [-0.4, -0.2) is 24.6 Å². The maximum absolute atomic E-state index is 12.1. The molecule has 1 unspecified atom stereocenters. The van der Waals surface area contributed by atoms with Gasteiger partial charge in [0.15, 0.2) is 0 Å². The van der Waals surface area contributed by atoms with Gasteiger partial charge in [-0.15, -0.1) is 0 Å². The number of rotatable bonds is 24. The maximum atomic E-state index is 12.1. The second kappa shape index (κ2) is 24.6. The van der Waals surface area contributed by atoms with E-state index in [1.54, 1.807) is 0 Å². The van der Waals surface area contributed by atoms with Gasteiger partial charge >= 0.3 is 11.9 Å². The predicted octanol–water partition coefficient (Wildman–Crippen LogP) is 8.69. The van der Waals surface area contributed by atoms with Crippen LogP contribution in [-0.2, 0) is 19.1 Å². The Morgan fingerprint density at radius 1 is 0.531 bits per heavy atom. The van der Waals surface area contributed by atoms with Crippen molar-refractivity contribution in [3.63, 3.8) is 0 Å². The van der Waals surface area contributed by atoms with Gasteiger partial charge in [-0.2, -0.15) is 0 Å². The van der Waals surface area contributed by atoms with E-state index in [1.165, 1.54) is 89.9 Å². The van der Waals surface area contributed by atoms with Crippen LogP contribution < -0.4 is 0 Å². The standard InChI is InChI=1S/C28H54O4/c1-4-7-9-11-13-15-17-19-21-23-27(29)31-25-26(6-3)32-28(30)24-22-20-18-16-14-12-10-8-5-2/h26H,4-25H2,1-3H3. The molecular formula is C28H54O4. The molecule has 4 nitrogen and oxygen atoms in total. The molecule has 0 saturated heterocycles. The van der Waals surface area contributed by atoms with Crippen molar-refractivity contribution < 1.29 is 19.1 Å². The van der Waals surface area contributed by atoms with Crippen molar-refractivity contribution in [1.29, 1.82) is 0 Å². The summed E-state index contributed by atoms with van der Waals surface area (Å²) in [6.07, 6.45) is 23.5. The van der Waals surface area contributed by atoms with E-state index in [1.807, 2.05) is 6.92 Å². The largest absolute Gasteiger partial charge is 0.462 e. The summed E-state index contributed by atoms with van der Waals surface area (Å²) in [5, 5.41) is 0. The fraction of sp³-hybridized carbons (Fsp3) is 0.929. The number of ether oxygens (including phenoxy) is 2. The first-order valence-electron chi connectivity index (χ1n) is 14.0. The summed E-state index contributed by atoms with van der Waals surface area (Å²) >= 11 is 0. The third-order valence-electron chi connectivity index (χ3n) is 6.15. The molecular weight excluding hydrogens is 400 g/mol. The Morgan fingerprint density at radius 3 is 1.31 bits per heavy atom. The quantitative estimate of drug-likeness (QED) is 0.108. The van der Waals surface area contributed by atoms with Crippen LogP contribution in [0.2, 0.25) is 0 Å². The Hall–Kier alpha value is -1.06. The highest BCUT2D eigenvalue weighted by Gasteiger charge is 2.15. The van der Waals surface area contributed by atoms with Crippen molar-refractivity contribution in [3.8, 4) is 0 Å². The molecule has 0 amide bonds. The van der Waals surface area contributed by atoms with Gasteiger partial charge in [-0.3, -0.25) is 9.59 Å². The van der Waals surface area contributed by atoms with Gasteiger partial charge in [0.2, 0.25) is 0 Å². The first-order chi connectivity index (χ1) is 15.6. The minimum absolute atomic E-state index is 0.158. The van der Waals surface area contributed by atoms with E-state index in [0.717, 1.165) is 25.7 Å². The lowest BCUT2D eigenvalue weighted by Gasteiger charge is -2.16. The zero-order valence-electron chi connectivity index (χ0n) is 21.8. The minimum Gasteiger partial charge on any atom is -0.462 e. The molecule has 0 aromatic rings. The van der Waals surface area contributed by atoms with E-state index < -0.39 is 0 Å². The molecule has 1 atom stereocenters. The molecule has 4 heteroatoms. The molecule has 32 heavy (non-hydrogen) atoms. The molecule has 0 N–H and O–H groups in total. The SMILES string of the molecule is CCCCCCCCCCCC(=O)OCC(CC)OC(=O)CCCCCCCCCCC. The van der Waals surface area contributed by atoms with Gasteiger partial charge < -0.3 is 9.47 Å². The van der Waals surface area contributed by atoms with Crippen LogP contribution in [0.25, 0.3) is 0 Å². The average molecular weight is 455 g/mol. The van der Waals surface area contributed by atoms with Gasteiger partial charge in [0.25, 0.3) is 0 Å². The van der Waals surface area contributed by atoms with Crippen LogP contribution in [0.1, 0.15) is 156 Å². The third-order valence-corrected chi connectivity index (χ3v) is 6.15. The Morgan fingerprint density at radius 2 is 0.906 bits per heavy atom. The van der Waals surface area contributed by atoms with Crippen LogP contribution in [0.5, 0.6) is 0 Å². The normalized spacial score (nSPS) is 12.0. The van der Waals surface area contributed by atoms with Gasteiger partial charge in [-0.25, -0.2) is 0 Å². The van der Waals surface area contributed by atoms with E-state index in [2.05, 4.69) is 13.8 Å². The number of carbonyl (C=O) groups excluding carboxylic acids is 2. The van der Waals surface area contributed by atoms with Crippen molar-refractivity contribution in [3.05, 3.63) is 0 Å². The molecule has 0 fully saturated rings. The molecule has 0 rings (SSSR count). The van der Waals surface area contributed by atoms with Crippen molar-refractivity contribution in [1.82, 2.24) is 0 Å². The number of carbonyl (C=O) groups is 2. The molecule has 0 radical (unpaired) electrons. The van der Waals surface area contributed by atoms with Crippen LogP contribution in [0.4, 0.5) is 0 Å². The Labute approximate surface area is 199 Å². The molecule has 0 bridgehead atoms. The number of esters is 2. The Balaban J connectivity index is 3.61. The summed E-state index contributed by atoms with van der Waals surface area (Å²) in [7, 11) is 0. The molecule has 190 valence electrons. The number of hydrogen-bond donors (Lipinski definition) is 0. The second-order valence-electron chi connectivity index (χ2n) is 9.36. The van der Waals surface area contributed by atoms with Crippen molar-refractivity contribution in [2.45, 2.75) is 162 Å². The zero-order chi connectivity index (χ0) is 23.7. The molecule has 0 aromatic carbocycles. The molecule has 0 aliphatic heterocycles. The fourth-order valence-electron chi connectivity index (χ4n) is 3.90. The molecule has 0 aliphatic carbocycles. The Bertz CT molecular complexity index is 422. The molecule has 0 spiro atoms. The summed E-state index contributed by atoms with van der Waals surface area (Å²) in [5.41, 5.74) is 0. The highest BCUT2D eigenvalue weighted by atomic mass is 16.6. The van der Waals surface area contributed by atoms with Gasteiger partial charge in [0, 0.05) is 12.8 Å². The van der Waals surface area contributed by atoms with Gasteiger partial charge in [0.1, 0.15) is 12.7 Å². The smallest absolute Gasteiger partial charge is 0.306 e. The van der Waals surface area contributed by atoms with Crippen LogP contribution in [0, 0.1) is 0 Å². The predicted molar refractivity (Wildman–Crippen MR) is 135 cm³/mol. The van der Waals surface area contributed by atoms with Crippen molar-refractivity contribution in [2.24, 2.45) is 0 Å². The van der Waals surface area contributed by atoms with E-state index in [4.69, 9.17) is 9.47 Å². The average Bonchev–Trinajstić information content (AvgIpc) is 2.79. The zero-order valence-corrected chi connectivity index (χ0v) is 21.8. The van der Waals surface area contributed by atoms with Crippen LogP contribution in [0.3, 0.4) is 0 Å². The highest BCUT2D eigenvalue weighted by Crippen LogP contribution is 2.13. The third kappa shape index (κ3) is 22.1. The van der Waals surface area contributed by atoms with Crippen molar-refractivity contribution in [2.75, 3.05) is 6.61 Å². The Kier molecular flexibility index (Phi) is 23.8. The van der Waals surface area contributed by atoms with Crippen molar-refractivity contribution >= 4 is 11.9 Å². The first-order valence-corrected chi connectivity index (χ1v) is 14.0. The monoisotopic (exact) mass is 454 g/mol. The van der Waals surface area contributed by atoms with Crippen LogP contribution >= 0.6 is 0 Å². The lowest BCUT2D eigenvalue weighted by atomic mass is 10.1. The van der Waals surface area contributed by atoms with Crippen LogP contribution in [0.15, 0.2) is 0 Å². The van der Waals surface area contributed by atoms with Gasteiger partial charge in [-0.05, 0) is 19.3 Å². The summed E-state index contributed by atoms with van der Waals surface area (Å²) < 4.78 is 10.9. The van der Waals surface area contributed by atoms with E-state index >= 15 is 0 Å². The molecule has 0 aliphatic rings. The molecule has 0 saturated carbocycles. The van der Waals surface area contributed by atoms with Gasteiger partial charge in [-0.1, -0.05) is 124 Å². The van der Waals surface area contributed by atoms with E-state index in [-0.39, 0.29) is 24.6 Å². The summed E-state index contributed by atoms with van der Waals surface area (Å²) in [6.45, 7) is 6.64. The minimum atomic E-state index is -0.312. The first kappa shape index (κ1) is 30.9. The topological polar surface area (TPSA) is 52.6 Å². The fourth-order valence-corrected chi connectivity index (χ4v) is 3.90. The number of hydrogen-bond acceptors (Lipinski definition) is 4. The summed E-state index contributed by atoms with van der Waals surface area (Å²) in [4.78, 5) is 24.0. The second-order valence-corrected chi connectivity index (χ2v) is 9.36. The van der Waals surface area contributed by atoms with E-state index in [0.29, 0.717) is 19.3 Å². The van der Waals surface area contributed by atoms with Gasteiger partial charge in [0.05, 0.1) is 0 Å². The summed E-state index contributed by atoms with van der Waals surface area (Å²) in [6, 6.07) is 0. The summed E-state index contributed by atoms with van der Waals surface area (Å²) in [5.74, 6) is -0.323. The molecule has 0 heterocycles. The highest BCUT2D eigenvalue weighted by molar-refractivity contribution is 5.70. The number of unbranched alkanes of at least 4 members (excludes halogenated alkanes) is 16. The van der Waals surface area contributed by atoms with E-state index in [9.17, 15) is 9.59 Å².